The Balaban J connectivity index is 2.17. The van der Waals surface area contributed by atoms with Gasteiger partial charge in [0.2, 0.25) is 0 Å². The molecule has 3 heteroatoms. The molecular formula is C13H28N2O. The van der Waals surface area contributed by atoms with Crippen molar-refractivity contribution in [3.63, 3.8) is 0 Å². The second-order valence-corrected chi connectivity index (χ2v) is 5.87. The van der Waals surface area contributed by atoms with E-state index in [0.29, 0.717) is 5.41 Å². The first-order valence-electron chi connectivity index (χ1n) is 6.44. The minimum absolute atomic E-state index is 0.347. The summed E-state index contributed by atoms with van der Waals surface area (Å²) in [6, 6.07) is 0.720. The maximum atomic E-state index is 5.15. The smallest absolute Gasteiger partial charge is 0.0467 e. The number of methoxy groups -OCH3 is 1. The maximum Gasteiger partial charge on any atom is 0.0467 e. The average molecular weight is 228 g/mol. The van der Waals surface area contributed by atoms with Crippen molar-refractivity contribution >= 4 is 0 Å². The van der Waals surface area contributed by atoms with Crippen LogP contribution in [-0.4, -0.2) is 51.3 Å². The molecule has 0 radical (unpaired) electrons. The molecule has 0 amide bonds. The third-order valence-electron chi connectivity index (χ3n) is 3.57. The van der Waals surface area contributed by atoms with Gasteiger partial charge in [-0.05, 0) is 44.8 Å². The summed E-state index contributed by atoms with van der Waals surface area (Å²) < 4.78 is 5.15. The molecule has 0 aromatic carbocycles. The molecule has 1 aliphatic heterocycles. The van der Waals surface area contributed by atoms with Crippen molar-refractivity contribution in [2.24, 2.45) is 5.41 Å². The predicted octanol–water partition coefficient (Wildman–Crippen LogP) is 1.73. The van der Waals surface area contributed by atoms with Crippen molar-refractivity contribution in [1.29, 1.82) is 0 Å². The van der Waals surface area contributed by atoms with Gasteiger partial charge in [0.05, 0.1) is 0 Å². The van der Waals surface area contributed by atoms with Gasteiger partial charge in [0.1, 0.15) is 0 Å². The van der Waals surface area contributed by atoms with Crippen molar-refractivity contribution in [2.75, 3.05) is 40.4 Å². The fraction of sp³-hybridized carbons (Fsp3) is 1.00. The van der Waals surface area contributed by atoms with Gasteiger partial charge < -0.3 is 15.0 Å². The van der Waals surface area contributed by atoms with Gasteiger partial charge in [-0.15, -0.1) is 0 Å². The summed E-state index contributed by atoms with van der Waals surface area (Å²) in [5.41, 5.74) is 0.347. The zero-order valence-corrected chi connectivity index (χ0v) is 11.4. The Hall–Kier alpha value is -0.120. The molecule has 1 rings (SSSR count). The summed E-state index contributed by atoms with van der Waals surface area (Å²) >= 11 is 0. The lowest BCUT2D eigenvalue weighted by Gasteiger charge is -2.33. The SMILES string of the molecule is COCCC(C)(C)CNC1CCN(C)CC1. The predicted molar refractivity (Wildman–Crippen MR) is 68.8 cm³/mol. The molecule has 0 aliphatic carbocycles. The molecule has 0 atom stereocenters. The van der Waals surface area contributed by atoms with Gasteiger partial charge in [-0.1, -0.05) is 13.8 Å². The van der Waals surface area contributed by atoms with Crippen molar-refractivity contribution in [3.8, 4) is 0 Å². The molecular weight excluding hydrogens is 200 g/mol. The Morgan fingerprint density at radius 3 is 2.50 bits per heavy atom. The molecule has 1 fully saturated rings. The molecule has 0 aromatic rings. The van der Waals surface area contributed by atoms with Crippen LogP contribution < -0.4 is 5.32 Å². The molecule has 0 saturated carbocycles. The van der Waals surface area contributed by atoms with Crippen LogP contribution >= 0.6 is 0 Å². The summed E-state index contributed by atoms with van der Waals surface area (Å²) in [7, 11) is 3.99. The molecule has 1 aliphatic rings. The first kappa shape index (κ1) is 13.9. The summed E-state index contributed by atoms with van der Waals surface area (Å²) in [6.07, 6.45) is 3.71. The van der Waals surface area contributed by atoms with Gasteiger partial charge in [0.25, 0.3) is 0 Å². The number of piperidine rings is 1. The van der Waals surface area contributed by atoms with Crippen LogP contribution in [0.25, 0.3) is 0 Å². The fourth-order valence-electron chi connectivity index (χ4n) is 2.10. The molecule has 1 saturated heterocycles. The monoisotopic (exact) mass is 228 g/mol. The maximum absolute atomic E-state index is 5.15. The zero-order valence-electron chi connectivity index (χ0n) is 11.4. The number of nitrogens with zero attached hydrogens (tertiary/aromatic N) is 1. The second kappa shape index (κ2) is 6.58. The lowest BCUT2D eigenvalue weighted by molar-refractivity contribution is 0.144. The van der Waals surface area contributed by atoms with E-state index < -0.39 is 0 Å². The highest BCUT2D eigenvalue weighted by Gasteiger charge is 2.21. The van der Waals surface area contributed by atoms with Crippen molar-refractivity contribution in [1.82, 2.24) is 10.2 Å². The van der Waals surface area contributed by atoms with Crippen LogP contribution in [0.4, 0.5) is 0 Å². The highest BCUT2D eigenvalue weighted by atomic mass is 16.5. The number of hydrogen-bond donors (Lipinski definition) is 1. The molecule has 1 N–H and O–H groups in total. The van der Waals surface area contributed by atoms with E-state index in [0.717, 1.165) is 25.6 Å². The van der Waals surface area contributed by atoms with Gasteiger partial charge in [0.15, 0.2) is 0 Å². The van der Waals surface area contributed by atoms with Crippen LogP contribution in [0.2, 0.25) is 0 Å². The van der Waals surface area contributed by atoms with E-state index >= 15 is 0 Å². The van der Waals surface area contributed by atoms with Crippen LogP contribution in [-0.2, 0) is 4.74 Å². The van der Waals surface area contributed by atoms with E-state index in [9.17, 15) is 0 Å². The summed E-state index contributed by atoms with van der Waals surface area (Å²) in [5.74, 6) is 0. The summed E-state index contributed by atoms with van der Waals surface area (Å²) in [5, 5.41) is 3.71. The van der Waals surface area contributed by atoms with Crippen molar-refractivity contribution in [3.05, 3.63) is 0 Å². The second-order valence-electron chi connectivity index (χ2n) is 5.87. The van der Waals surface area contributed by atoms with E-state index in [1.54, 1.807) is 7.11 Å². The van der Waals surface area contributed by atoms with E-state index in [4.69, 9.17) is 4.74 Å². The van der Waals surface area contributed by atoms with E-state index in [1.807, 2.05) is 0 Å². The van der Waals surface area contributed by atoms with Gasteiger partial charge in [-0.3, -0.25) is 0 Å². The molecule has 0 unspecified atom stereocenters. The van der Waals surface area contributed by atoms with Crippen LogP contribution in [0.1, 0.15) is 33.1 Å². The van der Waals surface area contributed by atoms with Crippen LogP contribution in [0.15, 0.2) is 0 Å². The van der Waals surface area contributed by atoms with Gasteiger partial charge in [0, 0.05) is 26.3 Å². The van der Waals surface area contributed by atoms with E-state index in [2.05, 4.69) is 31.1 Å². The Morgan fingerprint density at radius 2 is 1.94 bits per heavy atom. The minimum atomic E-state index is 0.347. The Kier molecular flexibility index (Phi) is 5.73. The fourth-order valence-corrected chi connectivity index (χ4v) is 2.10. The van der Waals surface area contributed by atoms with E-state index in [-0.39, 0.29) is 0 Å². The number of nitrogens with one attached hydrogen (secondary N) is 1. The topological polar surface area (TPSA) is 24.5 Å². The molecule has 16 heavy (non-hydrogen) atoms. The highest BCUT2D eigenvalue weighted by Crippen LogP contribution is 2.20. The number of ether oxygens (including phenoxy) is 1. The quantitative estimate of drug-likeness (QED) is 0.749. The van der Waals surface area contributed by atoms with Crippen molar-refractivity contribution in [2.45, 2.75) is 39.2 Å². The van der Waals surface area contributed by atoms with Gasteiger partial charge in [-0.25, -0.2) is 0 Å². The first-order chi connectivity index (χ1) is 7.53. The van der Waals surface area contributed by atoms with Gasteiger partial charge in [-0.2, -0.15) is 0 Å². The number of likely N-dealkylation sites (tertiary alicyclic amines) is 1. The molecule has 1 heterocycles. The highest BCUT2D eigenvalue weighted by molar-refractivity contribution is 4.79. The third kappa shape index (κ3) is 5.28. The Labute approximate surface area is 101 Å². The normalized spacial score (nSPS) is 20.2. The Bertz CT molecular complexity index is 186. The van der Waals surface area contributed by atoms with Crippen LogP contribution in [0, 0.1) is 5.41 Å². The first-order valence-corrected chi connectivity index (χ1v) is 6.44. The average Bonchev–Trinajstić information content (AvgIpc) is 2.26. The number of rotatable bonds is 6. The third-order valence-corrected chi connectivity index (χ3v) is 3.57. The molecule has 96 valence electrons. The Morgan fingerprint density at radius 1 is 1.31 bits per heavy atom. The van der Waals surface area contributed by atoms with E-state index in [1.165, 1.54) is 25.9 Å². The van der Waals surface area contributed by atoms with Crippen LogP contribution in [0.3, 0.4) is 0 Å². The lowest BCUT2D eigenvalue weighted by Crippen LogP contribution is -2.44. The molecule has 3 nitrogen and oxygen atoms in total. The lowest BCUT2D eigenvalue weighted by atomic mass is 9.89. The molecule has 0 bridgehead atoms. The number of hydrogen-bond acceptors (Lipinski definition) is 3. The molecule has 0 spiro atoms. The van der Waals surface area contributed by atoms with Gasteiger partial charge >= 0.3 is 0 Å². The van der Waals surface area contributed by atoms with Crippen molar-refractivity contribution < 1.29 is 4.74 Å². The summed E-state index contributed by atoms with van der Waals surface area (Å²) in [4.78, 5) is 2.41. The molecule has 0 aromatic heterocycles. The minimum Gasteiger partial charge on any atom is -0.385 e. The zero-order chi connectivity index (χ0) is 12.0. The standard InChI is InChI=1S/C13H28N2O/c1-13(2,7-10-16-4)11-14-12-5-8-15(3)9-6-12/h12,14H,5-11H2,1-4H3. The van der Waals surface area contributed by atoms with Crippen LogP contribution in [0.5, 0.6) is 0 Å². The summed E-state index contributed by atoms with van der Waals surface area (Å²) in [6.45, 7) is 9.06. The largest absolute Gasteiger partial charge is 0.385 e.